The van der Waals surface area contributed by atoms with Crippen LogP contribution in [0.4, 0.5) is 0 Å². The number of halogens is 1. The van der Waals surface area contributed by atoms with E-state index in [4.69, 9.17) is 21.1 Å². The van der Waals surface area contributed by atoms with E-state index in [-0.39, 0.29) is 0 Å². The number of hydrogen-bond acceptors (Lipinski definition) is 3. The summed E-state index contributed by atoms with van der Waals surface area (Å²) in [5.74, 6) is 1.48. The summed E-state index contributed by atoms with van der Waals surface area (Å²) in [7, 11) is 1.70. The van der Waals surface area contributed by atoms with Crippen LogP contribution in [-0.2, 0) is 11.3 Å². The minimum absolute atomic E-state index is 0.600. The summed E-state index contributed by atoms with van der Waals surface area (Å²) >= 11 is 6.27. The Labute approximate surface area is 127 Å². The Morgan fingerprint density at radius 1 is 1.25 bits per heavy atom. The molecule has 1 rings (SSSR count). The normalized spacial score (nSPS) is 11.1. The van der Waals surface area contributed by atoms with Crippen LogP contribution in [0.15, 0.2) is 18.2 Å². The van der Waals surface area contributed by atoms with Crippen molar-refractivity contribution in [2.45, 2.75) is 33.2 Å². The van der Waals surface area contributed by atoms with Crippen LogP contribution in [0.1, 0.15) is 32.3 Å². The highest BCUT2D eigenvalue weighted by atomic mass is 35.5. The van der Waals surface area contributed by atoms with Crippen LogP contribution in [0.5, 0.6) is 5.75 Å². The Morgan fingerprint density at radius 2 is 2.00 bits per heavy atom. The third-order valence-electron chi connectivity index (χ3n) is 3.49. The van der Waals surface area contributed by atoms with Gasteiger partial charge in [0.1, 0.15) is 5.75 Å². The van der Waals surface area contributed by atoms with Crippen LogP contribution in [0.25, 0.3) is 0 Å². The standard InChI is InChI=1S/C16H26ClNO2/c1-4-13(5-2)12-20-16-8-6-7-15(17)14(16)11-18-9-10-19-3/h6-8,13,18H,4-5,9-12H2,1-3H3. The number of benzene rings is 1. The van der Waals surface area contributed by atoms with Gasteiger partial charge >= 0.3 is 0 Å². The van der Waals surface area contributed by atoms with Crippen molar-refractivity contribution < 1.29 is 9.47 Å². The zero-order valence-corrected chi connectivity index (χ0v) is 13.5. The predicted molar refractivity (Wildman–Crippen MR) is 84.6 cm³/mol. The van der Waals surface area contributed by atoms with E-state index >= 15 is 0 Å². The smallest absolute Gasteiger partial charge is 0.125 e. The molecule has 0 fully saturated rings. The topological polar surface area (TPSA) is 30.5 Å². The highest BCUT2D eigenvalue weighted by Gasteiger charge is 2.10. The average molecular weight is 300 g/mol. The van der Waals surface area contributed by atoms with E-state index in [1.54, 1.807) is 7.11 Å². The monoisotopic (exact) mass is 299 g/mol. The third-order valence-corrected chi connectivity index (χ3v) is 3.84. The molecule has 0 aliphatic heterocycles. The van der Waals surface area contributed by atoms with E-state index in [1.165, 1.54) is 0 Å². The van der Waals surface area contributed by atoms with Crippen molar-refractivity contribution >= 4 is 11.6 Å². The van der Waals surface area contributed by atoms with Gasteiger partial charge in [-0.2, -0.15) is 0 Å². The molecule has 3 nitrogen and oxygen atoms in total. The molecule has 1 aromatic carbocycles. The van der Waals surface area contributed by atoms with E-state index in [9.17, 15) is 0 Å². The summed E-state index contributed by atoms with van der Waals surface area (Å²) in [5.41, 5.74) is 1.02. The SMILES string of the molecule is CCC(CC)COc1cccc(Cl)c1CNCCOC. The molecule has 1 N–H and O–H groups in total. The summed E-state index contributed by atoms with van der Waals surface area (Å²) in [6.45, 7) is 7.33. The van der Waals surface area contributed by atoms with Gasteiger partial charge in [-0.05, 0) is 18.1 Å². The van der Waals surface area contributed by atoms with Gasteiger partial charge in [0.15, 0.2) is 0 Å². The van der Waals surface area contributed by atoms with E-state index in [0.29, 0.717) is 19.1 Å². The number of hydrogen-bond donors (Lipinski definition) is 1. The van der Waals surface area contributed by atoms with Crippen molar-refractivity contribution in [1.29, 1.82) is 0 Å². The first-order valence-corrected chi connectivity index (χ1v) is 7.70. The quantitative estimate of drug-likeness (QED) is 0.665. The molecule has 0 unspecified atom stereocenters. The first-order chi connectivity index (χ1) is 9.72. The lowest BCUT2D eigenvalue weighted by Gasteiger charge is -2.17. The Bertz CT molecular complexity index is 381. The molecule has 1 aromatic rings. The zero-order chi connectivity index (χ0) is 14.8. The minimum Gasteiger partial charge on any atom is -0.493 e. The van der Waals surface area contributed by atoms with E-state index in [1.807, 2.05) is 18.2 Å². The lowest BCUT2D eigenvalue weighted by atomic mass is 10.1. The Balaban J connectivity index is 2.62. The molecule has 0 saturated carbocycles. The summed E-state index contributed by atoms with van der Waals surface area (Å²) < 4.78 is 11.0. The summed E-state index contributed by atoms with van der Waals surface area (Å²) in [6.07, 6.45) is 2.27. The molecule has 0 aromatic heterocycles. The van der Waals surface area contributed by atoms with Gasteiger partial charge in [0.2, 0.25) is 0 Å². The Hall–Kier alpha value is -0.770. The van der Waals surface area contributed by atoms with Gasteiger partial charge in [-0.1, -0.05) is 44.4 Å². The molecular weight excluding hydrogens is 274 g/mol. The lowest BCUT2D eigenvalue weighted by molar-refractivity contribution is 0.198. The molecule has 20 heavy (non-hydrogen) atoms. The van der Waals surface area contributed by atoms with Crippen molar-refractivity contribution in [2.24, 2.45) is 5.92 Å². The van der Waals surface area contributed by atoms with Gasteiger partial charge in [-0.15, -0.1) is 0 Å². The number of ether oxygens (including phenoxy) is 2. The van der Waals surface area contributed by atoms with E-state index in [2.05, 4.69) is 19.2 Å². The highest BCUT2D eigenvalue weighted by Crippen LogP contribution is 2.27. The van der Waals surface area contributed by atoms with Gasteiger partial charge < -0.3 is 14.8 Å². The predicted octanol–water partition coefficient (Wildman–Crippen LogP) is 3.89. The molecule has 0 spiro atoms. The zero-order valence-electron chi connectivity index (χ0n) is 12.7. The Kier molecular flexibility index (Phi) is 8.67. The van der Waals surface area contributed by atoms with Crippen molar-refractivity contribution in [3.63, 3.8) is 0 Å². The van der Waals surface area contributed by atoms with Gasteiger partial charge in [0.05, 0.1) is 13.2 Å². The Morgan fingerprint density at radius 3 is 2.65 bits per heavy atom. The van der Waals surface area contributed by atoms with E-state index < -0.39 is 0 Å². The van der Waals surface area contributed by atoms with Crippen molar-refractivity contribution in [1.82, 2.24) is 5.32 Å². The molecule has 0 aliphatic rings. The summed E-state index contributed by atoms with van der Waals surface area (Å²) in [5, 5.41) is 4.06. The molecular formula is C16H26ClNO2. The van der Waals surface area contributed by atoms with Crippen LogP contribution in [0, 0.1) is 5.92 Å². The van der Waals surface area contributed by atoms with Crippen molar-refractivity contribution in [3.8, 4) is 5.75 Å². The molecule has 0 heterocycles. The fourth-order valence-corrected chi connectivity index (χ4v) is 2.20. The second-order valence-corrected chi connectivity index (χ2v) is 5.29. The molecule has 0 aliphatic carbocycles. The molecule has 0 saturated heterocycles. The van der Waals surface area contributed by atoms with Gasteiger partial charge in [0, 0.05) is 30.8 Å². The molecule has 4 heteroatoms. The highest BCUT2D eigenvalue weighted by molar-refractivity contribution is 6.31. The molecule has 0 bridgehead atoms. The van der Waals surface area contributed by atoms with Crippen molar-refractivity contribution in [3.05, 3.63) is 28.8 Å². The maximum absolute atomic E-state index is 6.27. The average Bonchev–Trinajstić information content (AvgIpc) is 2.46. The van der Waals surface area contributed by atoms with Gasteiger partial charge in [-0.25, -0.2) is 0 Å². The van der Waals surface area contributed by atoms with Crippen LogP contribution in [-0.4, -0.2) is 26.9 Å². The largest absolute Gasteiger partial charge is 0.493 e. The summed E-state index contributed by atoms with van der Waals surface area (Å²) in [6, 6.07) is 5.82. The number of rotatable bonds is 10. The second-order valence-electron chi connectivity index (χ2n) is 4.88. The number of nitrogens with one attached hydrogen (secondary N) is 1. The fraction of sp³-hybridized carbons (Fsp3) is 0.625. The minimum atomic E-state index is 0.600. The van der Waals surface area contributed by atoms with Crippen LogP contribution in [0.2, 0.25) is 5.02 Å². The summed E-state index contributed by atoms with van der Waals surface area (Å²) in [4.78, 5) is 0. The van der Waals surface area contributed by atoms with Crippen LogP contribution in [0.3, 0.4) is 0 Å². The van der Waals surface area contributed by atoms with E-state index in [0.717, 1.165) is 42.3 Å². The maximum Gasteiger partial charge on any atom is 0.125 e. The first kappa shape index (κ1) is 17.3. The maximum atomic E-state index is 6.27. The van der Waals surface area contributed by atoms with Crippen molar-refractivity contribution in [2.75, 3.05) is 26.9 Å². The molecule has 0 atom stereocenters. The lowest BCUT2D eigenvalue weighted by Crippen LogP contribution is -2.20. The third kappa shape index (κ3) is 5.70. The fourth-order valence-electron chi connectivity index (χ4n) is 1.97. The first-order valence-electron chi connectivity index (χ1n) is 7.32. The van der Waals surface area contributed by atoms with Gasteiger partial charge in [0.25, 0.3) is 0 Å². The molecule has 0 radical (unpaired) electrons. The molecule has 114 valence electrons. The molecule has 0 amide bonds. The van der Waals surface area contributed by atoms with Gasteiger partial charge in [-0.3, -0.25) is 0 Å². The van der Waals surface area contributed by atoms with Crippen LogP contribution < -0.4 is 10.1 Å². The number of methoxy groups -OCH3 is 1. The van der Waals surface area contributed by atoms with Crippen LogP contribution >= 0.6 is 11.6 Å². The second kappa shape index (κ2) is 10.0.